The van der Waals surface area contributed by atoms with Crippen molar-refractivity contribution in [3.8, 4) is 5.75 Å². The van der Waals surface area contributed by atoms with Crippen molar-refractivity contribution in [3.05, 3.63) is 71.9 Å². The summed E-state index contributed by atoms with van der Waals surface area (Å²) in [5, 5.41) is 4.19. The topological polar surface area (TPSA) is 51.2 Å². The van der Waals surface area contributed by atoms with Crippen LogP contribution in [0.3, 0.4) is 0 Å². The number of unbranched alkanes of at least 4 members (excludes halogenated alkanes) is 1. The molecule has 3 rings (SSSR count). The van der Waals surface area contributed by atoms with E-state index in [4.69, 9.17) is 4.74 Å². The van der Waals surface area contributed by atoms with Gasteiger partial charge in [-0.25, -0.2) is 0 Å². The Morgan fingerprint density at radius 2 is 2.04 bits per heavy atom. The van der Waals surface area contributed by atoms with Crippen LogP contribution in [0.4, 0.5) is 0 Å². The Labute approximate surface area is 160 Å². The van der Waals surface area contributed by atoms with Crippen molar-refractivity contribution in [1.82, 2.24) is 10.3 Å². The molecule has 3 aromatic rings. The van der Waals surface area contributed by atoms with Gasteiger partial charge in [-0.3, -0.25) is 9.78 Å². The Balaban J connectivity index is 1.74. The highest BCUT2D eigenvalue weighted by atomic mass is 16.5. The Bertz CT molecular complexity index is 908. The van der Waals surface area contributed by atoms with E-state index in [9.17, 15) is 4.79 Å². The summed E-state index contributed by atoms with van der Waals surface area (Å²) in [5.74, 6) is 0.805. The zero-order valence-electron chi connectivity index (χ0n) is 15.9. The summed E-state index contributed by atoms with van der Waals surface area (Å²) >= 11 is 0. The molecule has 2 aromatic carbocycles. The van der Waals surface area contributed by atoms with E-state index in [2.05, 4.69) is 23.3 Å². The van der Waals surface area contributed by atoms with Crippen LogP contribution in [0.2, 0.25) is 0 Å². The number of benzene rings is 2. The number of carbonyl (C=O) groups excluding carboxylic acids is 1. The highest BCUT2D eigenvalue weighted by Gasteiger charge is 2.15. The number of aromatic nitrogens is 1. The zero-order valence-corrected chi connectivity index (χ0v) is 15.9. The number of fused-ring (bicyclic) bond motifs is 1. The standard InChI is InChI=1S/C23H26N2O2/c1-3-4-9-20(14-17-7-5-10-21(15-17)27-2)25-23(26)19-11-12-22-18(16-19)8-6-13-24-22/h5-8,10-13,15-16,20H,3-4,9,14H2,1-2H3,(H,25,26)/t20-/m0/s1. The first-order valence-electron chi connectivity index (χ1n) is 9.48. The first-order chi connectivity index (χ1) is 13.2. The van der Waals surface area contributed by atoms with Crippen molar-refractivity contribution in [1.29, 1.82) is 0 Å². The second-order valence-electron chi connectivity index (χ2n) is 6.78. The lowest BCUT2D eigenvalue weighted by Gasteiger charge is -2.19. The molecule has 0 aliphatic heterocycles. The van der Waals surface area contributed by atoms with E-state index in [1.54, 1.807) is 13.3 Å². The van der Waals surface area contributed by atoms with Crippen LogP contribution in [0.1, 0.15) is 42.1 Å². The van der Waals surface area contributed by atoms with Crippen molar-refractivity contribution in [2.75, 3.05) is 7.11 Å². The Morgan fingerprint density at radius 3 is 2.85 bits per heavy atom. The lowest BCUT2D eigenvalue weighted by molar-refractivity contribution is 0.0934. The van der Waals surface area contributed by atoms with E-state index in [1.807, 2.05) is 48.5 Å². The van der Waals surface area contributed by atoms with E-state index in [0.29, 0.717) is 5.56 Å². The fourth-order valence-electron chi connectivity index (χ4n) is 3.25. The molecule has 140 valence electrons. The van der Waals surface area contributed by atoms with Gasteiger partial charge in [0.25, 0.3) is 5.91 Å². The SMILES string of the molecule is CCCC[C@@H](Cc1cccc(OC)c1)NC(=O)c1ccc2ncccc2c1. The van der Waals surface area contributed by atoms with Crippen LogP contribution in [0.15, 0.2) is 60.8 Å². The number of nitrogens with zero attached hydrogens (tertiary/aromatic N) is 1. The van der Waals surface area contributed by atoms with Gasteiger partial charge in [-0.15, -0.1) is 0 Å². The largest absolute Gasteiger partial charge is 0.497 e. The van der Waals surface area contributed by atoms with Crippen molar-refractivity contribution in [3.63, 3.8) is 0 Å². The van der Waals surface area contributed by atoms with Gasteiger partial charge in [0.2, 0.25) is 0 Å². The van der Waals surface area contributed by atoms with Gasteiger partial charge in [0.1, 0.15) is 5.75 Å². The van der Waals surface area contributed by atoms with Crippen molar-refractivity contribution < 1.29 is 9.53 Å². The van der Waals surface area contributed by atoms with Crippen molar-refractivity contribution in [2.24, 2.45) is 0 Å². The molecule has 4 heteroatoms. The average molecular weight is 362 g/mol. The number of rotatable bonds is 8. The Hall–Kier alpha value is -2.88. The molecule has 1 amide bonds. The molecule has 0 saturated heterocycles. The third-order valence-corrected chi connectivity index (χ3v) is 4.72. The number of hydrogen-bond donors (Lipinski definition) is 1. The summed E-state index contributed by atoms with van der Waals surface area (Å²) in [6.45, 7) is 2.17. The minimum Gasteiger partial charge on any atom is -0.497 e. The number of carbonyl (C=O) groups is 1. The second kappa shape index (κ2) is 9.17. The van der Waals surface area contributed by atoms with Crippen LogP contribution in [0, 0.1) is 0 Å². The molecule has 1 heterocycles. The van der Waals surface area contributed by atoms with Gasteiger partial charge in [-0.05, 0) is 54.8 Å². The van der Waals surface area contributed by atoms with Gasteiger partial charge in [0.15, 0.2) is 0 Å². The Kier molecular flexibility index (Phi) is 6.42. The van der Waals surface area contributed by atoms with Gasteiger partial charge in [-0.2, -0.15) is 0 Å². The lowest BCUT2D eigenvalue weighted by atomic mass is 10.00. The Morgan fingerprint density at radius 1 is 1.15 bits per heavy atom. The number of pyridine rings is 1. The van der Waals surface area contributed by atoms with Crippen LogP contribution >= 0.6 is 0 Å². The summed E-state index contributed by atoms with van der Waals surface area (Å²) in [6.07, 6.45) is 5.69. The lowest BCUT2D eigenvalue weighted by Crippen LogP contribution is -2.36. The molecule has 0 unspecified atom stereocenters. The minimum atomic E-state index is -0.0373. The highest BCUT2D eigenvalue weighted by Crippen LogP contribution is 2.17. The smallest absolute Gasteiger partial charge is 0.251 e. The van der Waals surface area contributed by atoms with Gasteiger partial charge in [0.05, 0.1) is 12.6 Å². The summed E-state index contributed by atoms with van der Waals surface area (Å²) < 4.78 is 5.32. The molecule has 1 N–H and O–H groups in total. The summed E-state index contributed by atoms with van der Waals surface area (Å²) in [7, 11) is 1.67. The van der Waals surface area contributed by atoms with E-state index in [-0.39, 0.29) is 11.9 Å². The minimum absolute atomic E-state index is 0.0373. The molecule has 0 aliphatic carbocycles. The molecule has 0 saturated carbocycles. The number of ether oxygens (including phenoxy) is 1. The predicted octanol–water partition coefficient (Wildman–Crippen LogP) is 4.77. The maximum Gasteiger partial charge on any atom is 0.251 e. The third-order valence-electron chi connectivity index (χ3n) is 4.72. The van der Waals surface area contributed by atoms with Crippen molar-refractivity contribution in [2.45, 2.75) is 38.6 Å². The fraction of sp³-hybridized carbons (Fsp3) is 0.304. The van der Waals surface area contributed by atoms with Crippen LogP contribution < -0.4 is 10.1 Å². The molecule has 27 heavy (non-hydrogen) atoms. The van der Waals surface area contributed by atoms with Gasteiger partial charge in [0, 0.05) is 23.2 Å². The average Bonchev–Trinajstić information content (AvgIpc) is 2.71. The third kappa shape index (κ3) is 5.07. The van der Waals surface area contributed by atoms with E-state index >= 15 is 0 Å². The monoisotopic (exact) mass is 362 g/mol. The van der Waals surface area contributed by atoms with E-state index < -0.39 is 0 Å². The molecule has 1 atom stereocenters. The number of methoxy groups -OCH3 is 1. The van der Waals surface area contributed by atoms with Crippen molar-refractivity contribution >= 4 is 16.8 Å². The maximum absolute atomic E-state index is 12.8. The fourth-order valence-corrected chi connectivity index (χ4v) is 3.25. The van der Waals surface area contributed by atoms with Crippen LogP contribution in [0.5, 0.6) is 5.75 Å². The number of amides is 1. The summed E-state index contributed by atoms with van der Waals surface area (Å²) in [6, 6.07) is 17.6. The molecule has 0 radical (unpaired) electrons. The molecule has 4 nitrogen and oxygen atoms in total. The van der Waals surface area contributed by atoms with Gasteiger partial charge >= 0.3 is 0 Å². The molecular weight excluding hydrogens is 336 g/mol. The predicted molar refractivity (Wildman–Crippen MR) is 109 cm³/mol. The summed E-state index contributed by atoms with van der Waals surface area (Å²) in [5.41, 5.74) is 2.73. The molecular formula is C23H26N2O2. The number of hydrogen-bond acceptors (Lipinski definition) is 3. The van der Waals surface area contributed by atoms with Crippen LogP contribution in [-0.2, 0) is 6.42 Å². The molecule has 0 bridgehead atoms. The highest BCUT2D eigenvalue weighted by molar-refractivity contribution is 5.98. The first kappa shape index (κ1) is 18.9. The molecule has 1 aromatic heterocycles. The normalized spacial score (nSPS) is 11.9. The molecule has 0 aliphatic rings. The summed E-state index contributed by atoms with van der Waals surface area (Å²) in [4.78, 5) is 17.1. The molecule has 0 spiro atoms. The number of nitrogens with one attached hydrogen (secondary N) is 1. The quantitative estimate of drug-likeness (QED) is 0.628. The van der Waals surface area contributed by atoms with Gasteiger partial charge in [-0.1, -0.05) is 38.0 Å². The second-order valence-corrected chi connectivity index (χ2v) is 6.78. The molecule has 0 fully saturated rings. The first-order valence-corrected chi connectivity index (χ1v) is 9.48. The van der Waals surface area contributed by atoms with E-state index in [0.717, 1.165) is 42.3 Å². The van der Waals surface area contributed by atoms with Crippen LogP contribution in [-0.4, -0.2) is 24.0 Å². The van der Waals surface area contributed by atoms with E-state index in [1.165, 1.54) is 5.56 Å². The van der Waals surface area contributed by atoms with Crippen LogP contribution in [0.25, 0.3) is 10.9 Å². The maximum atomic E-state index is 12.8. The zero-order chi connectivity index (χ0) is 19.1. The van der Waals surface area contributed by atoms with Gasteiger partial charge < -0.3 is 10.1 Å².